The maximum absolute atomic E-state index is 12.3. The van der Waals surface area contributed by atoms with E-state index < -0.39 is 10.0 Å². The number of ether oxygens (including phenoxy) is 1. The largest absolute Gasteiger partial charge is 0.497 e. The van der Waals surface area contributed by atoms with Crippen molar-refractivity contribution < 1.29 is 17.9 Å². The van der Waals surface area contributed by atoms with Crippen molar-refractivity contribution in [3.63, 3.8) is 0 Å². The molecule has 0 aliphatic heterocycles. The number of thioether (sulfide) groups is 1. The number of methoxy groups -OCH3 is 1. The van der Waals surface area contributed by atoms with E-state index in [0.29, 0.717) is 22.2 Å². The lowest BCUT2D eigenvalue weighted by Gasteiger charge is -2.04. The van der Waals surface area contributed by atoms with Crippen molar-refractivity contribution in [2.75, 3.05) is 23.8 Å². The van der Waals surface area contributed by atoms with Crippen LogP contribution < -0.4 is 9.46 Å². The third kappa shape index (κ3) is 5.33. The molecule has 0 saturated heterocycles. The number of carbonyl (C=O) groups is 1. The number of ketones is 1. The number of hydrogen-bond donors (Lipinski definition) is 2. The fraction of sp³-hybridized carbons (Fsp3) is 0.167. The Labute approximate surface area is 166 Å². The quantitative estimate of drug-likeness (QED) is 0.427. The van der Waals surface area contributed by atoms with E-state index in [2.05, 4.69) is 19.9 Å². The van der Waals surface area contributed by atoms with Gasteiger partial charge in [-0.25, -0.2) is 13.4 Å². The lowest BCUT2D eigenvalue weighted by Crippen LogP contribution is -2.10. The van der Waals surface area contributed by atoms with E-state index in [0.717, 1.165) is 17.6 Å². The van der Waals surface area contributed by atoms with Crippen molar-refractivity contribution >= 4 is 33.3 Å². The van der Waals surface area contributed by atoms with Crippen LogP contribution in [0.15, 0.2) is 53.7 Å². The normalized spacial score (nSPS) is 11.2. The lowest BCUT2D eigenvalue weighted by molar-refractivity contribution is 0.102. The van der Waals surface area contributed by atoms with Crippen LogP contribution in [0, 0.1) is 0 Å². The molecule has 0 spiro atoms. The summed E-state index contributed by atoms with van der Waals surface area (Å²) < 4.78 is 29.9. The second-order valence-electron chi connectivity index (χ2n) is 5.86. The molecule has 146 valence electrons. The van der Waals surface area contributed by atoms with Gasteiger partial charge < -0.3 is 4.74 Å². The number of aromatic amines is 1. The summed E-state index contributed by atoms with van der Waals surface area (Å²) >= 11 is 1.22. The predicted octanol–water partition coefficient (Wildman–Crippen LogP) is 2.83. The molecular weight excluding hydrogens is 400 g/mol. The van der Waals surface area contributed by atoms with E-state index in [1.807, 2.05) is 24.3 Å². The van der Waals surface area contributed by atoms with Gasteiger partial charge in [-0.2, -0.15) is 0 Å². The van der Waals surface area contributed by atoms with Crippen molar-refractivity contribution in [2.24, 2.45) is 0 Å². The maximum Gasteiger partial charge on any atom is 0.229 e. The highest BCUT2D eigenvalue weighted by atomic mass is 32.2. The molecule has 1 heterocycles. The monoisotopic (exact) mass is 418 g/mol. The van der Waals surface area contributed by atoms with Gasteiger partial charge in [0.2, 0.25) is 15.2 Å². The number of carbonyl (C=O) groups excluding carboxylic acids is 1. The SMILES string of the molecule is COc1ccc(-c2nc(SCC(=O)c3ccc(NS(C)(=O)=O)cc3)n[nH]2)cc1. The second-order valence-corrected chi connectivity index (χ2v) is 8.55. The van der Waals surface area contributed by atoms with Crippen LogP contribution in [0.25, 0.3) is 11.4 Å². The molecule has 2 N–H and O–H groups in total. The summed E-state index contributed by atoms with van der Waals surface area (Å²) in [5, 5.41) is 7.44. The standard InChI is InChI=1S/C18H18N4O4S2/c1-26-15-9-5-13(6-10-15)17-19-18(21-20-17)27-11-16(23)12-3-7-14(8-4-12)22-28(2,24)25/h3-10,22H,11H2,1-2H3,(H,19,20,21). The fourth-order valence-electron chi connectivity index (χ4n) is 2.34. The topological polar surface area (TPSA) is 114 Å². The molecule has 0 bridgehead atoms. The Bertz CT molecular complexity index is 1060. The molecule has 0 saturated carbocycles. The van der Waals surface area contributed by atoms with Gasteiger partial charge in [0, 0.05) is 16.8 Å². The summed E-state index contributed by atoms with van der Waals surface area (Å²) in [5.74, 6) is 1.42. The van der Waals surface area contributed by atoms with Crippen molar-refractivity contribution in [3.05, 3.63) is 54.1 Å². The van der Waals surface area contributed by atoms with Gasteiger partial charge in [-0.1, -0.05) is 11.8 Å². The summed E-state index contributed by atoms with van der Waals surface area (Å²) in [7, 11) is -1.75. The number of sulfonamides is 1. The van der Waals surface area contributed by atoms with Crippen LogP contribution >= 0.6 is 11.8 Å². The molecule has 3 aromatic rings. The molecule has 1 aromatic heterocycles. The molecule has 2 aromatic carbocycles. The third-order valence-corrected chi connectivity index (χ3v) is 5.12. The highest BCUT2D eigenvalue weighted by molar-refractivity contribution is 7.99. The number of H-pyrrole nitrogens is 1. The number of aromatic nitrogens is 3. The highest BCUT2D eigenvalue weighted by Crippen LogP contribution is 2.22. The zero-order valence-electron chi connectivity index (χ0n) is 15.2. The minimum Gasteiger partial charge on any atom is -0.497 e. The Morgan fingerprint density at radius 2 is 1.82 bits per heavy atom. The average molecular weight is 419 g/mol. The van der Waals surface area contributed by atoms with Crippen LogP contribution in [0.3, 0.4) is 0 Å². The lowest BCUT2D eigenvalue weighted by atomic mass is 10.1. The second kappa shape index (κ2) is 8.44. The molecule has 0 aliphatic rings. The summed E-state index contributed by atoms with van der Waals surface area (Å²) in [5.41, 5.74) is 1.75. The molecule has 3 rings (SSSR count). The van der Waals surface area contributed by atoms with Crippen molar-refractivity contribution in [1.82, 2.24) is 15.2 Å². The first-order valence-corrected chi connectivity index (χ1v) is 11.0. The van der Waals surface area contributed by atoms with Crippen LogP contribution in [0.4, 0.5) is 5.69 Å². The number of nitrogens with zero attached hydrogens (tertiary/aromatic N) is 2. The van der Waals surface area contributed by atoms with E-state index in [4.69, 9.17) is 4.74 Å². The van der Waals surface area contributed by atoms with Crippen molar-refractivity contribution in [3.8, 4) is 17.1 Å². The zero-order chi connectivity index (χ0) is 20.1. The van der Waals surface area contributed by atoms with Gasteiger partial charge in [-0.3, -0.25) is 14.6 Å². The van der Waals surface area contributed by atoms with Gasteiger partial charge in [0.25, 0.3) is 0 Å². The fourth-order valence-corrected chi connectivity index (χ4v) is 3.60. The third-order valence-electron chi connectivity index (χ3n) is 3.67. The van der Waals surface area contributed by atoms with Crippen molar-refractivity contribution in [2.45, 2.75) is 5.16 Å². The minimum atomic E-state index is -3.35. The van der Waals surface area contributed by atoms with Crippen LogP contribution in [-0.2, 0) is 10.0 Å². The molecule has 28 heavy (non-hydrogen) atoms. The molecule has 0 aliphatic carbocycles. The Morgan fingerprint density at radius 1 is 1.14 bits per heavy atom. The van der Waals surface area contributed by atoms with E-state index in [-0.39, 0.29) is 11.5 Å². The molecule has 0 unspecified atom stereocenters. The first-order valence-electron chi connectivity index (χ1n) is 8.15. The molecule has 0 atom stereocenters. The number of benzene rings is 2. The van der Waals surface area contributed by atoms with Crippen LogP contribution in [0.1, 0.15) is 10.4 Å². The molecule has 8 nitrogen and oxygen atoms in total. The zero-order valence-corrected chi connectivity index (χ0v) is 16.8. The van der Waals surface area contributed by atoms with Crippen LogP contribution in [-0.4, -0.2) is 48.5 Å². The van der Waals surface area contributed by atoms with E-state index in [1.54, 1.807) is 31.4 Å². The molecule has 10 heteroatoms. The first kappa shape index (κ1) is 19.9. The summed E-state index contributed by atoms with van der Waals surface area (Å²) in [6.07, 6.45) is 1.07. The molecule has 0 amide bonds. The smallest absolute Gasteiger partial charge is 0.229 e. The van der Waals surface area contributed by atoms with Crippen LogP contribution in [0.2, 0.25) is 0 Å². The van der Waals surface area contributed by atoms with Gasteiger partial charge in [0.1, 0.15) is 5.75 Å². The van der Waals surface area contributed by atoms with E-state index in [9.17, 15) is 13.2 Å². The summed E-state index contributed by atoms with van der Waals surface area (Å²) in [6.45, 7) is 0. The molecule has 0 fully saturated rings. The number of nitrogens with one attached hydrogen (secondary N) is 2. The van der Waals surface area contributed by atoms with Gasteiger partial charge in [-0.15, -0.1) is 5.10 Å². The van der Waals surface area contributed by atoms with Gasteiger partial charge in [0.05, 0.1) is 19.1 Å². The van der Waals surface area contributed by atoms with Crippen molar-refractivity contribution in [1.29, 1.82) is 0 Å². The van der Waals surface area contributed by atoms with E-state index in [1.165, 1.54) is 11.8 Å². The minimum absolute atomic E-state index is 0.105. The molecule has 0 radical (unpaired) electrons. The number of rotatable bonds is 8. The first-order chi connectivity index (χ1) is 13.3. The Kier molecular flexibility index (Phi) is 6.00. The predicted molar refractivity (Wildman–Crippen MR) is 108 cm³/mol. The van der Waals surface area contributed by atoms with Gasteiger partial charge in [-0.05, 0) is 48.5 Å². The average Bonchev–Trinajstić information content (AvgIpc) is 3.14. The number of Topliss-reactive ketones (excluding diaryl/α,β-unsaturated/α-hetero) is 1. The Hall–Kier alpha value is -2.85. The van der Waals surface area contributed by atoms with Crippen LogP contribution in [0.5, 0.6) is 5.75 Å². The number of anilines is 1. The Balaban J connectivity index is 1.59. The Morgan fingerprint density at radius 3 is 2.43 bits per heavy atom. The van der Waals surface area contributed by atoms with E-state index >= 15 is 0 Å². The van der Waals surface area contributed by atoms with Gasteiger partial charge >= 0.3 is 0 Å². The maximum atomic E-state index is 12.3. The summed E-state index contributed by atoms with van der Waals surface area (Å²) in [4.78, 5) is 16.7. The number of hydrogen-bond acceptors (Lipinski definition) is 7. The molecular formula is C18H18N4O4S2. The van der Waals surface area contributed by atoms with Gasteiger partial charge in [0.15, 0.2) is 11.6 Å². The highest BCUT2D eigenvalue weighted by Gasteiger charge is 2.11. The summed E-state index contributed by atoms with van der Waals surface area (Å²) in [6, 6.07) is 13.7.